The number of benzene rings is 1. The molecule has 1 aromatic rings. The minimum atomic E-state index is -0.867. The molecule has 0 saturated carbocycles. The molecule has 2 unspecified atom stereocenters. The number of hydrogen-bond acceptors (Lipinski definition) is 5. The zero-order valence-corrected chi connectivity index (χ0v) is 18.2. The van der Waals surface area contributed by atoms with E-state index in [9.17, 15) is 5.11 Å². The highest BCUT2D eigenvalue weighted by atomic mass is 16.5. The van der Waals surface area contributed by atoms with Crippen LogP contribution in [0.4, 0.5) is 0 Å². The number of ether oxygens (including phenoxy) is 2. The van der Waals surface area contributed by atoms with E-state index in [1.54, 1.807) is 0 Å². The van der Waals surface area contributed by atoms with Crippen LogP contribution in [0.25, 0.3) is 0 Å². The van der Waals surface area contributed by atoms with Crippen molar-refractivity contribution < 1.29 is 14.6 Å². The molecule has 1 aliphatic heterocycles. The first kappa shape index (κ1) is 23.6. The highest BCUT2D eigenvalue weighted by molar-refractivity contribution is 5.79. The van der Waals surface area contributed by atoms with Gasteiger partial charge in [0.25, 0.3) is 0 Å². The second-order valence-corrected chi connectivity index (χ2v) is 7.78. The van der Waals surface area contributed by atoms with Gasteiger partial charge < -0.3 is 25.2 Å². The number of morpholine rings is 1. The predicted octanol–water partition coefficient (Wildman–Crippen LogP) is 1.79. The van der Waals surface area contributed by atoms with Gasteiger partial charge in [0, 0.05) is 39.3 Å². The third kappa shape index (κ3) is 9.58. The van der Waals surface area contributed by atoms with Crippen molar-refractivity contribution in [3.8, 4) is 0 Å². The minimum Gasteiger partial charge on any atom is -0.387 e. The lowest BCUT2D eigenvalue weighted by Gasteiger charge is -2.33. The molecule has 2 rings (SSSR count). The number of aliphatic hydroxyl groups is 1. The number of β-amino-alcohol motifs (C(OH)–C–C–N with tert-alkyl or cyclic N) is 1. The van der Waals surface area contributed by atoms with Crippen molar-refractivity contribution in [1.29, 1.82) is 0 Å². The summed E-state index contributed by atoms with van der Waals surface area (Å²) in [5.41, 5.74) is 0.325. The molecule has 164 valence electrons. The fourth-order valence-corrected chi connectivity index (χ4v) is 3.24. The molecule has 1 heterocycles. The van der Waals surface area contributed by atoms with Gasteiger partial charge in [-0.3, -0.25) is 9.89 Å². The fourth-order valence-electron chi connectivity index (χ4n) is 3.24. The summed E-state index contributed by atoms with van der Waals surface area (Å²) in [6.45, 7) is 12.3. The van der Waals surface area contributed by atoms with E-state index < -0.39 is 5.60 Å². The first-order valence-corrected chi connectivity index (χ1v) is 10.7. The third-order valence-electron chi connectivity index (χ3n) is 4.84. The topological polar surface area (TPSA) is 78.4 Å². The molecule has 1 aromatic carbocycles. The Hall–Kier alpha value is -1.67. The van der Waals surface area contributed by atoms with Crippen LogP contribution in [0.1, 0.15) is 38.9 Å². The summed E-state index contributed by atoms with van der Waals surface area (Å²) in [4.78, 5) is 6.80. The molecule has 0 spiro atoms. The Labute approximate surface area is 175 Å². The van der Waals surface area contributed by atoms with Crippen molar-refractivity contribution in [2.24, 2.45) is 4.99 Å². The van der Waals surface area contributed by atoms with Crippen LogP contribution in [0.2, 0.25) is 0 Å². The first-order valence-electron chi connectivity index (χ1n) is 10.7. The van der Waals surface area contributed by atoms with E-state index in [0.29, 0.717) is 19.7 Å². The van der Waals surface area contributed by atoms with E-state index in [4.69, 9.17) is 9.47 Å². The van der Waals surface area contributed by atoms with E-state index in [2.05, 4.69) is 39.6 Å². The molecule has 2 atom stereocenters. The second-order valence-electron chi connectivity index (χ2n) is 7.78. The van der Waals surface area contributed by atoms with Crippen LogP contribution in [0.3, 0.4) is 0 Å². The van der Waals surface area contributed by atoms with Crippen LogP contribution in [0.15, 0.2) is 35.3 Å². The number of nitrogens with zero attached hydrogens (tertiary/aromatic N) is 2. The molecule has 29 heavy (non-hydrogen) atoms. The lowest BCUT2D eigenvalue weighted by Crippen LogP contribution is -2.48. The monoisotopic (exact) mass is 406 g/mol. The maximum atomic E-state index is 10.7. The molecule has 0 amide bonds. The van der Waals surface area contributed by atoms with Gasteiger partial charge in [0.05, 0.1) is 31.5 Å². The van der Waals surface area contributed by atoms with Gasteiger partial charge in [-0.2, -0.15) is 0 Å². The number of hydrogen-bond donors (Lipinski definition) is 3. The predicted molar refractivity (Wildman–Crippen MR) is 117 cm³/mol. The summed E-state index contributed by atoms with van der Waals surface area (Å²) in [5, 5.41) is 17.3. The van der Waals surface area contributed by atoms with E-state index in [-0.39, 0.29) is 6.10 Å². The lowest BCUT2D eigenvalue weighted by atomic mass is 10.1. The van der Waals surface area contributed by atoms with E-state index >= 15 is 0 Å². The average Bonchev–Trinajstić information content (AvgIpc) is 2.72. The van der Waals surface area contributed by atoms with Crippen molar-refractivity contribution >= 4 is 5.96 Å². The van der Waals surface area contributed by atoms with Crippen LogP contribution in [-0.2, 0) is 9.47 Å². The molecular formula is C22H38N4O3. The number of rotatable bonds is 11. The van der Waals surface area contributed by atoms with E-state index in [1.807, 2.05) is 32.0 Å². The zero-order chi connectivity index (χ0) is 21.0. The number of aliphatic imine (C=N–C) groups is 1. The smallest absolute Gasteiger partial charge is 0.191 e. The molecule has 1 fully saturated rings. The molecule has 0 aromatic heterocycles. The highest BCUT2D eigenvalue weighted by Crippen LogP contribution is 2.15. The zero-order valence-electron chi connectivity index (χ0n) is 18.2. The normalized spacial score (nSPS) is 18.8. The largest absolute Gasteiger partial charge is 0.387 e. The van der Waals surface area contributed by atoms with Crippen LogP contribution in [0, 0.1) is 0 Å². The SMILES string of the molecule is CCNC(=NCC(C)(O)CN1CCOCC1)NCCCOC(C)c1ccccc1. The van der Waals surface area contributed by atoms with E-state index in [0.717, 1.165) is 51.8 Å². The standard InChI is InChI=1S/C22H38N4O3/c1-4-23-21(25-17-22(3,27)18-26-12-15-28-16-13-26)24-11-8-14-29-19(2)20-9-6-5-7-10-20/h5-7,9-10,19,27H,4,8,11-18H2,1-3H3,(H2,23,24,25). The summed E-state index contributed by atoms with van der Waals surface area (Å²) in [6, 6.07) is 10.2. The highest BCUT2D eigenvalue weighted by Gasteiger charge is 2.25. The van der Waals surface area contributed by atoms with Crippen LogP contribution >= 0.6 is 0 Å². The maximum Gasteiger partial charge on any atom is 0.191 e. The Morgan fingerprint density at radius 2 is 2.00 bits per heavy atom. The van der Waals surface area contributed by atoms with Crippen molar-refractivity contribution in [1.82, 2.24) is 15.5 Å². The van der Waals surface area contributed by atoms with Gasteiger partial charge in [-0.25, -0.2) is 0 Å². The van der Waals surface area contributed by atoms with Gasteiger partial charge in [-0.1, -0.05) is 30.3 Å². The summed E-state index contributed by atoms with van der Waals surface area (Å²) < 4.78 is 11.3. The van der Waals surface area contributed by atoms with Crippen LogP contribution in [0.5, 0.6) is 0 Å². The number of nitrogens with one attached hydrogen (secondary N) is 2. The van der Waals surface area contributed by atoms with Gasteiger partial charge in [-0.15, -0.1) is 0 Å². The average molecular weight is 407 g/mol. The molecule has 1 aliphatic rings. The van der Waals surface area contributed by atoms with Gasteiger partial charge in [0.15, 0.2) is 5.96 Å². The minimum absolute atomic E-state index is 0.0911. The Kier molecular flexibility index (Phi) is 10.4. The molecular weight excluding hydrogens is 368 g/mol. The molecule has 3 N–H and O–H groups in total. The molecule has 0 aliphatic carbocycles. The van der Waals surface area contributed by atoms with Crippen molar-refractivity contribution in [3.05, 3.63) is 35.9 Å². The summed E-state index contributed by atoms with van der Waals surface area (Å²) in [6.07, 6.45) is 0.972. The summed E-state index contributed by atoms with van der Waals surface area (Å²) >= 11 is 0. The Morgan fingerprint density at radius 1 is 1.28 bits per heavy atom. The van der Waals surface area contributed by atoms with Crippen LogP contribution in [-0.4, -0.2) is 80.7 Å². The third-order valence-corrected chi connectivity index (χ3v) is 4.84. The van der Waals surface area contributed by atoms with Gasteiger partial charge in [0.2, 0.25) is 0 Å². The first-order chi connectivity index (χ1) is 14.0. The van der Waals surface area contributed by atoms with Gasteiger partial charge >= 0.3 is 0 Å². The fraction of sp³-hybridized carbons (Fsp3) is 0.682. The Morgan fingerprint density at radius 3 is 2.69 bits per heavy atom. The Bertz CT molecular complexity index is 589. The molecule has 0 bridgehead atoms. The molecule has 7 nitrogen and oxygen atoms in total. The summed E-state index contributed by atoms with van der Waals surface area (Å²) in [5.74, 6) is 0.728. The Balaban J connectivity index is 1.69. The summed E-state index contributed by atoms with van der Waals surface area (Å²) in [7, 11) is 0. The quantitative estimate of drug-likeness (QED) is 0.295. The van der Waals surface area contributed by atoms with E-state index in [1.165, 1.54) is 5.56 Å². The molecule has 1 saturated heterocycles. The van der Waals surface area contributed by atoms with Crippen molar-refractivity contribution in [2.45, 2.75) is 38.9 Å². The van der Waals surface area contributed by atoms with Crippen molar-refractivity contribution in [3.63, 3.8) is 0 Å². The molecule has 7 heteroatoms. The maximum absolute atomic E-state index is 10.7. The number of guanidine groups is 1. The lowest BCUT2D eigenvalue weighted by molar-refractivity contribution is -0.0180. The van der Waals surface area contributed by atoms with Crippen molar-refractivity contribution in [2.75, 3.05) is 59.1 Å². The van der Waals surface area contributed by atoms with Gasteiger partial charge in [-0.05, 0) is 32.8 Å². The van der Waals surface area contributed by atoms with Gasteiger partial charge in [0.1, 0.15) is 0 Å². The second kappa shape index (κ2) is 12.8. The molecule has 0 radical (unpaired) electrons. The van der Waals surface area contributed by atoms with Crippen LogP contribution < -0.4 is 10.6 Å².